The van der Waals surface area contributed by atoms with Crippen molar-refractivity contribution in [1.82, 2.24) is 0 Å². The second-order valence-corrected chi connectivity index (χ2v) is 8.69. The summed E-state index contributed by atoms with van der Waals surface area (Å²) in [6.07, 6.45) is 0. The Hall–Kier alpha value is -0.410. The Kier molecular flexibility index (Phi) is 4.67. The van der Waals surface area contributed by atoms with E-state index in [4.69, 9.17) is 5.73 Å². The van der Waals surface area contributed by atoms with Gasteiger partial charge in [-0.25, -0.2) is 8.42 Å². The second kappa shape index (κ2) is 5.92. The summed E-state index contributed by atoms with van der Waals surface area (Å²) < 4.78 is 28.5. The predicted molar refractivity (Wildman–Crippen MR) is 84.9 cm³/mol. The summed E-state index contributed by atoms with van der Waals surface area (Å²) in [7, 11) is -3.60. The van der Waals surface area contributed by atoms with Gasteiger partial charge in [0.25, 0.3) is 10.0 Å². The lowest BCUT2D eigenvalue weighted by molar-refractivity contribution is 0.601. The Morgan fingerprint density at radius 1 is 1.21 bits per heavy atom. The molecule has 0 aliphatic rings. The van der Waals surface area contributed by atoms with Crippen molar-refractivity contribution in [2.24, 2.45) is 5.73 Å². The van der Waals surface area contributed by atoms with Crippen molar-refractivity contribution in [2.45, 2.75) is 11.4 Å². The molecule has 0 bridgehead atoms. The van der Waals surface area contributed by atoms with Crippen molar-refractivity contribution < 1.29 is 8.42 Å². The number of halogens is 2. The van der Waals surface area contributed by atoms with Crippen LogP contribution in [0.25, 0.3) is 0 Å². The first kappa shape index (κ1) is 15.0. The van der Waals surface area contributed by atoms with E-state index in [9.17, 15) is 8.42 Å². The maximum Gasteiger partial charge on any atom is 0.263 e. The maximum atomic E-state index is 12.2. The molecule has 0 fully saturated rings. The Labute approximate surface area is 132 Å². The van der Waals surface area contributed by atoms with Gasteiger partial charge in [-0.3, -0.25) is 4.72 Å². The Morgan fingerprint density at radius 2 is 1.84 bits per heavy atom. The second-order valence-electron chi connectivity index (χ2n) is 3.67. The molecule has 0 unspecified atom stereocenters. The molecule has 19 heavy (non-hydrogen) atoms. The first-order valence-electron chi connectivity index (χ1n) is 5.19. The van der Waals surface area contributed by atoms with Gasteiger partial charge in [0, 0.05) is 21.6 Å². The summed E-state index contributed by atoms with van der Waals surface area (Å²) in [5.41, 5.74) is 6.02. The quantitative estimate of drug-likeness (QED) is 0.786. The van der Waals surface area contributed by atoms with Crippen molar-refractivity contribution in [3.8, 4) is 0 Å². The zero-order chi connectivity index (χ0) is 14.0. The van der Waals surface area contributed by atoms with E-state index in [1.807, 2.05) is 0 Å². The van der Waals surface area contributed by atoms with Gasteiger partial charge in [0.1, 0.15) is 4.90 Å². The van der Waals surface area contributed by atoms with Crippen molar-refractivity contribution in [2.75, 3.05) is 4.72 Å². The normalized spacial score (nSPS) is 11.5. The third-order valence-corrected chi connectivity index (χ3v) is 6.48. The largest absolute Gasteiger partial charge is 0.326 e. The molecule has 0 aliphatic heterocycles. The van der Waals surface area contributed by atoms with Crippen LogP contribution in [0.1, 0.15) is 4.88 Å². The van der Waals surface area contributed by atoms with Crippen LogP contribution >= 0.6 is 43.2 Å². The molecule has 1 aromatic heterocycles. The van der Waals surface area contributed by atoms with Crippen molar-refractivity contribution in [3.63, 3.8) is 0 Å². The molecule has 0 radical (unpaired) electrons. The van der Waals surface area contributed by atoms with Crippen molar-refractivity contribution in [3.05, 3.63) is 43.5 Å². The minimum Gasteiger partial charge on any atom is -0.326 e. The van der Waals surface area contributed by atoms with Crippen LogP contribution in [0.2, 0.25) is 0 Å². The van der Waals surface area contributed by atoms with Gasteiger partial charge >= 0.3 is 0 Å². The number of benzene rings is 1. The van der Waals surface area contributed by atoms with Gasteiger partial charge in [-0.1, -0.05) is 15.9 Å². The number of hydrogen-bond donors (Lipinski definition) is 2. The zero-order valence-corrected chi connectivity index (χ0v) is 14.4. The summed E-state index contributed by atoms with van der Waals surface area (Å²) >= 11 is 7.87. The van der Waals surface area contributed by atoms with Crippen LogP contribution in [-0.4, -0.2) is 8.42 Å². The molecule has 1 aromatic carbocycles. The highest BCUT2D eigenvalue weighted by Crippen LogP contribution is 2.32. The number of nitrogens with one attached hydrogen (secondary N) is 1. The van der Waals surface area contributed by atoms with Crippen LogP contribution in [0.4, 0.5) is 5.69 Å². The lowest BCUT2D eigenvalue weighted by Crippen LogP contribution is -2.12. The minimum absolute atomic E-state index is 0.209. The maximum absolute atomic E-state index is 12.2. The number of rotatable bonds is 4. The van der Waals surface area contributed by atoms with Gasteiger partial charge in [-0.15, -0.1) is 11.3 Å². The SMILES string of the molecule is NCc1cc(S(=O)(=O)Nc2ccc(Br)cc2)c(Br)s1. The van der Waals surface area contributed by atoms with Gasteiger partial charge in [0.2, 0.25) is 0 Å². The molecular formula is C11H10Br2N2O2S2. The number of anilines is 1. The Morgan fingerprint density at radius 3 is 2.37 bits per heavy atom. The topological polar surface area (TPSA) is 72.2 Å². The zero-order valence-electron chi connectivity index (χ0n) is 9.56. The van der Waals surface area contributed by atoms with Crippen LogP contribution in [0, 0.1) is 0 Å². The van der Waals surface area contributed by atoms with Crippen molar-refractivity contribution >= 4 is 58.9 Å². The Bertz CT molecular complexity index is 681. The van der Waals surface area contributed by atoms with E-state index in [-0.39, 0.29) is 4.90 Å². The summed E-state index contributed by atoms with van der Waals surface area (Å²) in [6.45, 7) is 0.317. The molecule has 0 atom stereocenters. The summed E-state index contributed by atoms with van der Waals surface area (Å²) in [5, 5.41) is 0. The first-order chi connectivity index (χ1) is 8.92. The fourth-order valence-electron chi connectivity index (χ4n) is 1.41. The summed E-state index contributed by atoms with van der Waals surface area (Å²) in [4.78, 5) is 1.02. The molecule has 0 saturated carbocycles. The molecule has 0 spiro atoms. The summed E-state index contributed by atoms with van der Waals surface area (Å²) in [6, 6.07) is 8.49. The number of nitrogens with two attached hydrogens (primary N) is 1. The first-order valence-corrected chi connectivity index (χ1v) is 9.07. The molecular weight excluding hydrogens is 416 g/mol. The molecule has 1 heterocycles. The molecule has 3 N–H and O–H groups in total. The standard InChI is InChI=1S/C11H10Br2N2O2S2/c12-7-1-3-8(4-2-7)15-19(16,17)10-5-9(6-14)18-11(10)13/h1-5,15H,6,14H2. The van der Waals surface area contributed by atoms with E-state index in [0.717, 1.165) is 9.35 Å². The third kappa shape index (κ3) is 3.57. The third-order valence-electron chi connectivity index (χ3n) is 2.29. The predicted octanol–water partition coefficient (Wildman–Crippen LogP) is 3.53. The highest BCUT2D eigenvalue weighted by Gasteiger charge is 2.20. The minimum atomic E-state index is -3.60. The molecule has 2 rings (SSSR count). The molecule has 8 heteroatoms. The highest BCUT2D eigenvalue weighted by atomic mass is 79.9. The fraction of sp³-hybridized carbons (Fsp3) is 0.0909. The number of sulfonamides is 1. The van der Waals surface area contributed by atoms with Gasteiger partial charge < -0.3 is 5.73 Å². The number of hydrogen-bond acceptors (Lipinski definition) is 4. The number of thiophene rings is 1. The summed E-state index contributed by atoms with van der Waals surface area (Å²) in [5.74, 6) is 0. The van der Waals surface area contributed by atoms with Gasteiger partial charge in [-0.05, 0) is 46.3 Å². The van der Waals surface area contributed by atoms with Gasteiger partial charge in [0.15, 0.2) is 0 Å². The van der Waals surface area contributed by atoms with Crippen LogP contribution in [0.3, 0.4) is 0 Å². The van der Waals surface area contributed by atoms with Gasteiger partial charge in [-0.2, -0.15) is 0 Å². The van der Waals surface area contributed by atoms with E-state index < -0.39 is 10.0 Å². The molecule has 4 nitrogen and oxygen atoms in total. The van der Waals surface area contributed by atoms with Crippen LogP contribution in [0.15, 0.2) is 43.5 Å². The monoisotopic (exact) mass is 424 g/mol. The lowest BCUT2D eigenvalue weighted by Gasteiger charge is -2.07. The van der Waals surface area contributed by atoms with Crippen LogP contribution in [-0.2, 0) is 16.6 Å². The van der Waals surface area contributed by atoms with Gasteiger partial charge in [0.05, 0.1) is 3.79 Å². The average molecular weight is 426 g/mol. The fourth-order valence-corrected chi connectivity index (χ4v) is 5.30. The van der Waals surface area contributed by atoms with Crippen LogP contribution in [0.5, 0.6) is 0 Å². The van der Waals surface area contributed by atoms with E-state index >= 15 is 0 Å². The van der Waals surface area contributed by atoms with Crippen molar-refractivity contribution in [1.29, 1.82) is 0 Å². The lowest BCUT2D eigenvalue weighted by atomic mass is 10.3. The molecule has 0 aliphatic carbocycles. The Balaban J connectivity index is 2.31. The average Bonchev–Trinajstić information content (AvgIpc) is 2.74. The van der Waals surface area contributed by atoms with E-state index in [0.29, 0.717) is 16.0 Å². The van der Waals surface area contributed by atoms with E-state index in [2.05, 4.69) is 36.6 Å². The van der Waals surface area contributed by atoms with E-state index in [1.165, 1.54) is 11.3 Å². The smallest absolute Gasteiger partial charge is 0.263 e. The van der Waals surface area contributed by atoms with Crippen LogP contribution < -0.4 is 10.5 Å². The molecule has 0 amide bonds. The van der Waals surface area contributed by atoms with E-state index in [1.54, 1.807) is 30.3 Å². The molecule has 2 aromatic rings. The molecule has 0 saturated heterocycles. The highest BCUT2D eigenvalue weighted by molar-refractivity contribution is 9.11. The molecule has 102 valence electrons.